The van der Waals surface area contributed by atoms with Crippen LogP contribution in [0.4, 0.5) is 0 Å². The van der Waals surface area contributed by atoms with Crippen LogP contribution in [0.15, 0.2) is 49.3 Å². The molecule has 0 radical (unpaired) electrons. The topological polar surface area (TPSA) is 79.1 Å². The lowest BCUT2D eigenvalue weighted by Gasteiger charge is -2.10. The van der Waals surface area contributed by atoms with E-state index in [0.717, 1.165) is 16.9 Å². The normalized spacial score (nSPS) is 10.5. The van der Waals surface area contributed by atoms with Gasteiger partial charge in [0.25, 0.3) is 0 Å². The number of hydrogen-bond donors (Lipinski definition) is 0. The monoisotopic (exact) mass is 352 g/mol. The SMILES string of the molecule is Cc1ccc(C)c(OCCCOC(=O)c2cncc(-n3ccnc3)n2)c1. The summed E-state index contributed by atoms with van der Waals surface area (Å²) in [6.07, 6.45) is 8.47. The zero-order valence-electron chi connectivity index (χ0n) is 14.8. The lowest BCUT2D eigenvalue weighted by molar-refractivity contribution is 0.0478. The molecule has 0 atom stereocenters. The number of esters is 1. The van der Waals surface area contributed by atoms with Crippen LogP contribution in [0.5, 0.6) is 5.75 Å². The number of aryl methyl sites for hydroxylation is 2. The molecule has 0 bridgehead atoms. The minimum atomic E-state index is -0.508. The summed E-state index contributed by atoms with van der Waals surface area (Å²) >= 11 is 0. The van der Waals surface area contributed by atoms with Gasteiger partial charge in [0, 0.05) is 18.8 Å². The zero-order chi connectivity index (χ0) is 18.4. The molecule has 0 aliphatic rings. The number of rotatable bonds is 7. The molecule has 26 heavy (non-hydrogen) atoms. The van der Waals surface area contributed by atoms with Gasteiger partial charge in [0.05, 0.1) is 25.6 Å². The van der Waals surface area contributed by atoms with Gasteiger partial charge in [-0.1, -0.05) is 12.1 Å². The highest BCUT2D eigenvalue weighted by Crippen LogP contribution is 2.19. The average molecular weight is 352 g/mol. The van der Waals surface area contributed by atoms with Crippen LogP contribution < -0.4 is 4.74 Å². The summed E-state index contributed by atoms with van der Waals surface area (Å²) in [7, 11) is 0. The third-order valence-corrected chi connectivity index (χ3v) is 3.72. The van der Waals surface area contributed by atoms with Crippen molar-refractivity contribution in [1.29, 1.82) is 0 Å². The lowest BCUT2D eigenvalue weighted by Crippen LogP contribution is -2.12. The molecule has 1 aromatic carbocycles. The van der Waals surface area contributed by atoms with Crippen LogP contribution in [0.25, 0.3) is 5.82 Å². The van der Waals surface area contributed by atoms with E-state index in [0.29, 0.717) is 18.8 Å². The smallest absolute Gasteiger partial charge is 0.358 e. The molecule has 0 fully saturated rings. The number of carbonyl (C=O) groups is 1. The molecule has 7 nitrogen and oxygen atoms in total. The summed E-state index contributed by atoms with van der Waals surface area (Å²) in [5, 5.41) is 0. The first-order chi connectivity index (χ1) is 12.6. The molecule has 0 N–H and O–H groups in total. The molecule has 0 amide bonds. The zero-order valence-corrected chi connectivity index (χ0v) is 14.8. The van der Waals surface area contributed by atoms with Gasteiger partial charge in [0.1, 0.15) is 12.1 Å². The Morgan fingerprint density at radius 3 is 2.85 bits per heavy atom. The molecular formula is C19H20N4O3. The van der Waals surface area contributed by atoms with Gasteiger partial charge in [-0.25, -0.2) is 14.8 Å². The molecule has 3 aromatic rings. The highest BCUT2D eigenvalue weighted by atomic mass is 16.5. The summed E-state index contributed by atoms with van der Waals surface area (Å²) in [6, 6.07) is 6.07. The van der Waals surface area contributed by atoms with Gasteiger partial charge in [-0.15, -0.1) is 0 Å². The van der Waals surface area contributed by atoms with Crippen molar-refractivity contribution in [2.75, 3.05) is 13.2 Å². The predicted molar refractivity (Wildman–Crippen MR) is 95.5 cm³/mol. The molecular weight excluding hydrogens is 332 g/mol. The Morgan fingerprint density at radius 2 is 2.04 bits per heavy atom. The maximum atomic E-state index is 12.1. The fourth-order valence-corrected chi connectivity index (χ4v) is 2.32. The Hall–Kier alpha value is -3.22. The Kier molecular flexibility index (Phi) is 5.58. The Morgan fingerprint density at radius 1 is 1.15 bits per heavy atom. The maximum absolute atomic E-state index is 12.1. The first kappa shape index (κ1) is 17.6. The molecule has 0 saturated heterocycles. The summed E-state index contributed by atoms with van der Waals surface area (Å²) in [5.41, 5.74) is 2.39. The van der Waals surface area contributed by atoms with Gasteiger partial charge in [-0.2, -0.15) is 0 Å². The predicted octanol–water partition coefficient (Wildman–Crippen LogP) is 2.91. The van der Waals surface area contributed by atoms with Crippen molar-refractivity contribution in [2.45, 2.75) is 20.3 Å². The molecule has 2 heterocycles. The number of benzene rings is 1. The van der Waals surface area contributed by atoms with E-state index < -0.39 is 5.97 Å². The van der Waals surface area contributed by atoms with Crippen molar-refractivity contribution >= 4 is 5.97 Å². The summed E-state index contributed by atoms with van der Waals surface area (Å²) < 4.78 is 12.7. The second-order valence-corrected chi connectivity index (χ2v) is 5.84. The van der Waals surface area contributed by atoms with Crippen LogP contribution in [-0.2, 0) is 4.74 Å². The number of hydrogen-bond acceptors (Lipinski definition) is 6. The van der Waals surface area contributed by atoms with Crippen LogP contribution in [0.1, 0.15) is 28.0 Å². The fourth-order valence-electron chi connectivity index (χ4n) is 2.32. The molecule has 0 spiro atoms. The Labute approximate surface area is 151 Å². The highest BCUT2D eigenvalue weighted by molar-refractivity contribution is 5.87. The van der Waals surface area contributed by atoms with Gasteiger partial charge in [-0.3, -0.25) is 9.55 Å². The van der Waals surface area contributed by atoms with E-state index in [2.05, 4.69) is 15.0 Å². The number of ether oxygens (including phenoxy) is 2. The van der Waals surface area contributed by atoms with Gasteiger partial charge in [0.2, 0.25) is 0 Å². The fraction of sp³-hybridized carbons (Fsp3) is 0.263. The standard InChI is InChI=1S/C19H20N4O3/c1-14-4-5-15(2)17(10-14)25-8-3-9-26-19(24)16-11-21-12-18(22-16)23-7-6-20-13-23/h4-7,10-13H,3,8-9H2,1-2H3. The first-order valence-corrected chi connectivity index (χ1v) is 8.31. The van der Waals surface area contributed by atoms with Gasteiger partial charge >= 0.3 is 5.97 Å². The van der Waals surface area contributed by atoms with Crippen LogP contribution in [0.3, 0.4) is 0 Å². The van der Waals surface area contributed by atoms with E-state index >= 15 is 0 Å². The van der Waals surface area contributed by atoms with Crippen molar-refractivity contribution in [3.63, 3.8) is 0 Å². The van der Waals surface area contributed by atoms with Crippen LogP contribution in [0.2, 0.25) is 0 Å². The summed E-state index contributed by atoms with van der Waals surface area (Å²) in [5.74, 6) is 0.858. The molecule has 3 rings (SSSR count). The average Bonchev–Trinajstić information content (AvgIpc) is 3.19. The van der Waals surface area contributed by atoms with Crippen molar-refractivity contribution in [3.05, 3.63) is 66.1 Å². The van der Waals surface area contributed by atoms with Crippen molar-refractivity contribution < 1.29 is 14.3 Å². The third kappa shape index (κ3) is 4.44. The molecule has 0 aliphatic heterocycles. The third-order valence-electron chi connectivity index (χ3n) is 3.72. The van der Waals surface area contributed by atoms with E-state index in [4.69, 9.17) is 9.47 Å². The van der Waals surface area contributed by atoms with Crippen LogP contribution >= 0.6 is 0 Å². The number of aromatic nitrogens is 4. The van der Waals surface area contributed by atoms with Crippen LogP contribution in [-0.4, -0.2) is 38.7 Å². The van der Waals surface area contributed by atoms with Gasteiger partial charge < -0.3 is 9.47 Å². The number of imidazole rings is 1. The largest absolute Gasteiger partial charge is 0.493 e. The van der Waals surface area contributed by atoms with E-state index in [1.807, 2.05) is 32.0 Å². The van der Waals surface area contributed by atoms with E-state index in [9.17, 15) is 4.79 Å². The van der Waals surface area contributed by atoms with Crippen molar-refractivity contribution in [2.24, 2.45) is 0 Å². The number of nitrogens with zero attached hydrogens (tertiary/aromatic N) is 4. The highest BCUT2D eigenvalue weighted by Gasteiger charge is 2.11. The second kappa shape index (κ2) is 8.24. The van der Waals surface area contributed by atoms with Crippen molar-refractivity contribution in [3.8, 4) is 11.6 Å². The molecule has 2 aromatic heterocycles. The molecule has 7 heteroatoms. The van der Waals surface area contributed by atoms with E-state index in [1.54, 1.807) is 29.5 Å². The van der Waals surface area contributed by atoms with Gasteiger partial charge in [0.15, 0.2) is 11.5 Å². The van der Waals surface area contributed by atoms with Crippen LogP contribution in [0, 0.1) is 13.8 Å². The summed E-state index contributed by atoms with van der Waals surface area (Å²) in [6.45, 7) is 4.74. The molecule has 0 aliphatic carbocycles. The Balaban J connectivity index is 1.47. The minimum absolute atomic E-state index is 0.159. The Bertz CT molecular complexity index is 878. The van der Waals surface area contributed by atoms with E-state index in [-0.39, 0.29) is 12.3 Å². The van der Waals surface area contributed by atoms with E-state index in [1.165, 1.54) is 6.20 Å². The minimum Gasteiger partial charge on any atom is -0.493 e. The van der Waals surface area contributed by atoms with Gasteiger partial charge in [-0.05, 0) is 31.0 Å². The quantitative estimate of drug-likeness (QED) is 0.480. The second-order valence-electron chi connectivity index (χ2n) is 5.84. The lowest BCUT2D eigenvalue weighted by atomic mass is 10.1. The maximum Gasteiger partial charge on any atom is 0.358 e. The molecule has 0 saturated carbocycles. The molecule has 134 valence electrons. The van der Waals surface area contributed by atoms with Crippen molar-refractivity contribution in [1.82, 2.24) is 19.5 Å². The molecule has 0 unspecified atom stereocenters. The number of carbonyl (C=O) groups excluding carboxylic acids is 1. The first-order valence-electron chi connectivity index (χ1n) is 8.31. The summed E-state index contributed by atoms with van der Waals surface area (Å²) in [4.78, 5) is 24.3.